The van der Waals surface area contributed by atoms with Crippen LogP contribution in [0.25, 0.3) is 11.0 Å². The van der Waals surface area contributed by atoms with Crippen molar-refractivity contribution in [3.63, 3.8) is 0 Å². The Kier molecular flexibility index (Phi) is 2.32. The number of carboxylic acid groups (broad SMARTS) is 1. The number of hydrogen-bond donors (Lipinski definition) is 2. The molecular weight excluding hydrogens is 210 g/mol. The molecule has 0 fully saturated rings. The summed E-state index contributed by atoms with van der Waals surface area (Å²) in [4.78, 5) is 29.6. The second kappa shape index (κ2) is 3.65. The van der Waals surface area contributed by atoms with E-state index in [0.717, 1.165) is 0 Å². The fourth-order valence-corrected chi connectivity index (χ4v) is 1.30. The first kappa shape index (κ1) is 10.2. The molecule has 6 heteroatoms. The maximum atomic E-state index is 11.6. The normalized spacial score (nSPS) is 10.3. The average Bonchev–Trinajstić information content (AvgIpc) is 2.70. The van der Waals surface area contributed by atoms with Crippen molar-refractivity contribution in [2.45, 2.75) is 0 Å². The SMILES string of the molecule is CN(C(=O)O)C(=O)c1nc2ccccc2[nH]1. The molecule has 1 aromatic heterocycles. The van der Waals surface area contributed by atoms with Gasteiger partial charge in [0.05, 0.1) is 11.0 Å². The fourth-order valence-electron chi connectivity index (χ4n) is 1.30. The van der Waals surface area contributed by atoms with Gasteiger partial charge in [0.25, 0.3) is 5.91 Å². The molecular formula is C10H9N3O3. The van der Waals surface area contributed by atoms with Gasteiger partial charge in [0.15, 0.2) is 5.82 Å². The van der Waals surface area contributed by atoms with E-state index in [9.17, 15) is 9.59 Å². The number of para-hydroxylation sites is 2. The highest BCUT2D eigenvalue weighted by atomic mass is 16.4. The summed E-state index contributed by atoms with van der Waals surface area (Å²) < 4.78 is 0. The number of carbonyl (C=O) groups excluding carboxylic acids is 1. The molecule has 0 bridgehead atoms. The number of nitrogens with one attached hydrogen (secondary N) is 1. The molecule has 0 radical (unpaired) electrons. The monoisotopic (exact) mass is 219 g/mol. The minimum absolute atomic E-state index is 0.0195. The van der Waals surface area contributed by atoms with E-state index in [1.807, 2.05) is 0 Å². The molecule has 0 aliphatic carbocycles. The van der Waals surface area contributed by atoms with E-state index in [1.165, 1.54) is 7.05 Å². The van der Waals surface area contributed by atoms with Crippen molar-refractivity contribution < 1.29 is 14.7 Å². The molecule has 2 rings (SSSR count). The number of aromatic amines is 1. The summed E-state index contributed by atoms with van der Waals surface area (Å²) in [5.74, 6) is -0.658. The van der Waals surface area contributed by atoms with Crippen molar-refractivity contribution in [2.75, 3.05) is 7.05 Å². The number of carbonyl (C=O) groups is 2. The third-order valence-electron chi connectivity index (χ3n) is 2.18. The van der Waals surface area contributed by atoms with Crippen LogP contribution in [0.2, 0.25) is 0 Å². The Labute approximate surface area is 90.5 Å². The molecule has 16 heavy (non-hydrogen) atoms. The van der Waals surface area contributed by atoms with Crippen molar-refractivity contribution in [3.05, 3.63) is 30.1 Å². The van der Waals surface area contributed by atoms with Crippen LogP contribution in [0.1, 0.15) is 10.6 Å². The van der Waals surface area contributed by atoms with Gasteiger partial charge in [-0.1, -0.05) is 12.1 Å². The van der Waals surface area contributed by atoms with Crippen molar-refractivity contribution in [2.24, 2.45) is 0 Å². The standard InChI is InChI=1S/C10H9N3O3/c1-13(10(15)16)9(14)8-11-6-4-2-3-5-7(6)12-8/h2-5H,1H3,(H,11,12)(H,15,16). The smallest absolute Gasteiger partial charge is 0.414 e. The molecule has 0 saturated carbocycles. The molecule has 1 aromatic carbocycles. The van der Waals surface area contributed by atoms with Gasteiger partial charge in [0.1, 0.15) is 0 Å². The van der Waals surface area contributed by atoms with E-state index in [4.69, 9.17) is 5.11 Å². The van der Waals surface area contributed by atoms with Gasteiger partial charge in [-0.3, -0.25) is 4.79 Å². The number of H-pyrrole nitrogens is 1. The number of amides is 2. The number of rotatable bonds is 1. The lowest BCUT2D eigenvalue weighted by Crippen LogP contribution is -2.32. The number of benzene rings is 1. The topological polar surface area (TPSA) is 86.3 Å². The summed E-state index contributed by atoms with van der Waals surface area (Å²) >= 11 is 0. The Morgan fingerprint density at radius 2 is 2.06 bits per heavy atom. The molecule has 0 aliphatic heterocycles. The zero-order valence-electron chi connectivity index (χ0n) is 8.47. The molecule has 0 saturated heterocycles. The lowest BCUT2D eigenvalue weighted by Gasteiger charge is -2.07. The van der Waals surface area contributed by atoms with E-state index in [1.54, 1.807) is 24.3 Å². The van der Waals surface area contributed by atoms with E-state index < -0.39 is 12.0 Å². The average molecular weight is 219 g/mol. The lowest BCUT2D eigenvalue weighted by molar-refractivity contribution is 0.0771. The summed E-state index contributed by atoms with van der Waals surface area (Å²) in [7, 11) is 1.18. The molecule has 6 nitrogen and oxygen atoms in total. The minimum atomic E-state index is -1.31. The molecule has 2 amide bonds. The second-order valence-corrected chi connectivity index (χ2v) is 3.25. The Balaban J connectivity index is 2.41. The third kappa shape index (κ3) is 1.60. The van der Waals surface area contributed by atoms with E-state index in [0.29, 0.717) is 15.9 Å². The predicted molar refractivity (Wildman–Crippen MR) is 56.2 cm³/mol. The lowest BCUT2D eigenvalue weighted by atomic mass is 10.3. The molecule has 0 spiro atoms. The van der Waals surface area contributed by atoms with Crippen molar-refractivity contribution in [1.82, 2.24) is 14.9 Å². The molecule has 0 aliphatic rings. The van der Waals surface area contributed by atoms with Gasteiger partial charge < -0.3 is 10.1 Å². The maximum Gasteiger partial charge on any atom is 0.414 e. The van der Waals surface area contributed by atoms with Crippen LogP contribution in [0.3, 0.4) is 0 Å². The van der Waals surface area contributed by atoms with Gasteiger partial charge in [-0.15, -0.1) is 0 Å². The number of imidazole rings is 1. The van der Waals surface area contributed by atoms with Gasteiger partial charge in [0.2, 0.25) is 0 Å². The highest BCUT2D eigenvalue weighted by Crippen LogP contribution is 2.11. The molecule has 82 valence electrons. The van der Waals surface area contributed by atoms with E-state index >= 15 is 0 Å². The van der Waals surface area contributed by atoms with Gasteiger partial charge in [-0.2, -0.15) is 0 Å². The molecule has 1 heterocycles. The number of fused-ring (bicyclic) bond motifs is 1. The van der Waals surface area contributed by atoms with E-state index in [-0.39, 0.29) is 5.82 Å². The van der Waals surface area contributed by atoms with Crippen LogP contribution in [0.15, 0.2) is 24.3 Å². The first-order chi connectivity index (χ1) is 7.59. The van der Waals surface area contributed by atoms with Gasteiger partial charge >= 0.3 is 6.09 Å². The first-order valence-electron chi connectivity index (χ1n) is 4.55. The Bertz CT molecular complexity index is 528. The Morgan fingerprint density at radius 3 is 2.69 bits per heavy atom. The van der Waals surface area contributed by atoms with Crippen LogP contribution in [0.4, 0.5) is 4.79 Å². The van der Waals surface area contributed by atoms with Gasteiger partial charge in [-0.25, -0.2) is 14.7 Å². The van der Waals surface area contributed by atoms with E-state index in [2.05, 4.69) is 9.97 Å². The number of imide groups is 1. The van der Waals surface area contributed by atoms with Crippen LogP contribution < -0.4 is 0 Å². The number of hydrogen-bond acceptors (Lipinski definition) is 3. The van der Waals surface area contributed by atoms with Crippen molar-refractivity contribution in [1.29, 1.82) is 0 Å². The van der Waals surface area contributed by atoms with Crippen molar-refractivity contribution >= 4 is 23.0 Å². The summed E-state index contributed by atoms with van der Waals surface area (Å²) in [6.45, 7) is 0. The maximum absolute atomic E-state index is 11.6. The number of aromatic nitrogens is 2. The zero-order valence-corrected chi connectivity index (χ0v) is 8.47. The Hall–Kier alpha value is -2.37. The van der Waals surface area contributed by atoms with Crippen molar-refractivity contribution in [3.8, 4) is 0 Å². The summed E-state index contributed by atoms with van der Waals surface area (Å²) in [6.07, 6.45) is -1.31. The van der Waals surface area contributed by atoms with Gasteiger partial charge in [0, 0.05) is 7.05 Å². The highest BCUT2D eigenvalue weighted by Gasteiger charge is 2.20. The Morgan fingerprint density at radius 1 is 1.38 bits per heavy atom. The van der Waals surface area contributed by atoms with Gasteiger partial charge in [-0.05, 0) is 12.1 Å². The fraction of sp³-hybridized carbons (Fsp3) is 0.100. The van der Waals surface area contributed by atoms with Crippen LogP contribution in [-0.4, -0.2) is 39.0 Å². The molecule has 0 unspecified atom stereocenters. The van der Waals surface area contributed by atoms with Crippen LogP contribution >= 0.6 is 0 Å². The summed E-state index contributed by atoms with van der Waals surface area (Å²) in [6, 6.07) is 7.09. The highest BCUT2D eigenvalue weighted by molar-refractivity contribution is 6.01. The van der Waals surface area contributed by atoms with Crippen LogP contribution in [-0.2, 0) is 0 Å². The second-order valence-electron chi connectivity index (χ2n) is 3.25. The molecule has 0 atom stereocenters. The molecule has 2 N–H and O–H groups in total. The number of nitrogens with zero attached hydrogens (tertiary/aromatic N) is 2. The first-order valence-corrected chi connectivity index (χ1v) is 4.55. The van der Waals surface area contributed by atoms with Crippen LogP contribution in [0.5, 0.6) is 0 Å². The molecule has 2 aromatic rings. The zero-order chi connectivity index (χ0) is 11.7. The quantitative estimate of drug-likeness (QED) is 0.757. The summed E-state index contributed by atoms with van der Waals surface area (Å²) in [5, 5.41) is 8.65. The third-order valence-corrected chi connectivity index (χ3v) is 2.18. The predicted octanol–water partition coefficient (Wildman–Crippen LogP) is 1.31. The largest absolute Gasteiger partial charge is 0.465 e. The minimum Gasteiger partial charge on any atom is -0.465 e. The summed E-state index contributed by atoms with van der Waals surface area (Å²) in [5.41, 5.74) is 1.33. The van der Waals surface area contributed by atoms with Crippen LogP contribution in [0, 0.1) is 0 Å².